The Hall–Kier alpha value is -4.35. The summed E-state index contributed by atoms with van der Waals surface area (Å²) < 4.78 is 12.6. The van der Waals surface area contributed by atoms with Crippen LogP contribution in [0.4, 0.5) is 0 Å². The largest absolute Gasteiger partial charge is 0.484 e. The van der Waals surface area contributed by atoms with Crippen LogP contribution in [-0.2, 0) is 11.3 Å². The quantitative estimate of drug-likeness (QED) is 0.425. The standard InChI is InChI=1S/C25H22N4O4/c1-17(30)25-27-11-12-29(25)15-21-14-23(33-28-21)20-9-7-18(8-10-20)5-6-19-3-2-4-22(13-19)32-16-24(26)31/h2-4,7-14,17,30H,15-16H2,1H3,(H2,26,31)/t17-/m0/s1. The summed E-state index contributed by atoms with van der Waals surface area (Å²) in [7, 11) is 0. The van der Waals surface area contributed by atoms with Gasteiger partial charge in [0, 0.05) is 35.2 Å². The van der Waals surface area contributed by atoms with E-state index in [0.717, 1.165) is 22.4 Å². The zero-order valence-corrected chi connectivity index (χ0v) is 17.9. The van der Waals surface area contributed by atoms with Gasteiger partial charge in [0.1, 0.15) is 23.4 Å². The van der Waals surface area contributed by atoms with Gasteiger partial charge in [-0.05, 0) is 49.4 Å². The van der Waals surface area contributed by atoms with Gasteiger partial charge < -0.3 is 24.7 Å². The highest BCUT2D eigenvalue weighted by Gasteiger charge is 2.12. The number of ether oxygens (including phenoxy) is 1. The first-order valence-electron chi connectivity index (χ1n) is 10.3. The SMILES string of the molecule is C[C@H](O)c1nccn1Cc1cc(-c2ccc(C#Cc3cccc(OCC(N)=O)c3)cc2)on1. The molecule has 8 heteroatoms. The van der Waals surface area contributed by atoms with Gasteiger partial charge in [-0.3, -0.25) is 4.79 Å². The summed E-state index contributed by atoms with van der Waals surface area (Å²) in [5.74, 6) is 7.41. The first kappa shape index (κ1) is 21.9. The van der Waals surface area contributed by atoms with Gasteiger partial charge in [-0.1, -0.05) is 23.1 Å². The van der Waals surface area contributed by atoms with Crippen molar-refractivity contribution in [3.63, 3.8) is 0 Å². The molecule has 2 aromatic heterocycles. The monoisotopic (exact) mass is 442 g/mol. The normalized spacial score (nSPS) is 11.5. The molecule has 4 rings (SSSR count). The van der Waals surface area contributed by atoms with Crippen LogP contribution in [-0.4, -0.2) is 32.3 Å². The molecule has 0 saturated heterocycles. The summed E-state index contributed by atoms with van der Waals surface area (Å²) in [4.78, 5) is 15.0. The number of carbonyl (C=O) groups is 1. The van der Waals surface area contributed by atoms with E-state index < -0.39 is 12.0 Å². The second-order valence-electron chi connectivity index (χ2n) is 7.38. The second-order valence-corrected chi connectivity index (χ2v) is 7.38. The maximum Gasteiger partial charge on any atom is 0.255 e. The Balaban J connectivity index is 1.43. The minimum absolute atomic E-state index is 0.175. The molecule has 0 aliphatic rings. The molecule has 0 bridgehead atoms. The molecule has 0 unspecified atom stereocenters. The van der Waals surface area contributed by atoms with Gasteiger partial charge >= 0.3 is 0 Å². The molecule has 2 aromatic carbocycles. The van der Waals surface area contributed by atoms with Crippen LogP contribution in [0.25, 0.3) is 11.3 Å². The van der Waals surface area contributed by atoms with Crippen molar-refractivity contribution in [3.8, 4) is 28.9 Å². The van der Waals surface area contributed by atoms with Crippen LogP contribution in [0.15, 0.2) is 71.5 Å². The Bertz CT molecular complexity index is 1310. The van der Waals surface area contributed by atoms with E-state index in [1.165, 1.54) is 0 Å². The van der Waals surface area contributed by atoms with Crippen LogP contribution >= 0.6 is 0 Å². The third-order valence-electron chi connectivity index (χ3n) is 4.75. The lowest BCUT2D eigenvalue weighted by Crippen LogP contribution is -2.19. The van der Waals surface area contributed by atoms with Crippen molar-refractivity contribution in [3.05, 3.63) is 89.6 Å². The highest BCUT2D eigenvalue weighted by atomic mass is 16.5. The fourth-order valence-corrected chi connectivity index (χ4v) is 3.20. The van der Waals surface area contributed by atoms with Gasteiger partial charge in [-0.25, -0.2) is 4.98 Å². The lowest BCUT2D eigenvalue weighted by Gasteiger charge is -2.07. The van der Waals surface area contributed by atoms with E-state index >= 15 is 0 Å². The lowest BCUT2D eigenvalue weighted by atomic mass is 10.1. The predicted molar refractivity (Wildman–Crippen MR) is 121 cm³/mol. The van der Waals surface area contributed by atoms with Crippen LogP contribution in [0.5, 0.6) is 5.75 Å². The van der Waals surface area contributed by atoms with Crippen molar-refractivity contribution in [1.82, 2.24) is 14.7 Å². The average Bonchev–Trinajstić information content (AvgIpc) is 3.47. The molecule has 1 atom stereocenters. The van der Waals surface area contributed by atoms with Crippen LogP contribution in [0.1, 0.15) is 35.7 Å². The molecule has 0 fully saturated rings. The molecule has 0 radical (unpaired) electrons. The lowest BCUT2D eigenvalue weighted by molar-refractivity contribution is -0.119. The number of aliphatic hydroxyl groups is 1. The maximum absolute atomic E-state index is 10.9. The Labute approximate surface area is 190 Å². The van der Waals surface area contributed by atoms with E-state index in [9.17, 15) is 9.90 Å². The molecule has 8 nitrogen and oxygen atoms in total. The maximum atomic E-state index is 10.9. The number of nitrogens with two attached hydrogens (primary N) is 1. The van der Waals surface area contributed by atoms with Crippen molar-refractivity contribution < 1.29 is 19.2 Å². The summed E-state index contributed by atoms with van der Waals surface area (Å²) in [6, 6.07) is 16.7. The number of aromatic nitrogens is 3. The molecule has 3 N–H and O–H groups in total. The van der Waals surface area contributed by atoms with Crippen molar-refractivity contribution in [2.45, 2.75) is 19.6 Å². The minimum Gasteiger partial charge on any atom is -0.484 e. The first-order valence-corrected chi connectivity index (χ1v) is 10.3. The minimum atomic E-state index is -0.662. The number of nitrogens with zero attached hydrogens (tertiary/aromatic N) is 3. The van der Waals surface area contributed by atoms with Crippen molar-refractivity contribution in [2.75, 3.05) is 6.61 Å². The van der Waals surface area contributed by atoms with E-state index in [-0.39, 0.29) is 6.61 Å². The summed E-state index contributed by atoms with van der Waals surface area (Å²) in [5.41, 5.74) is 8.30. The van der Waals surface area contributed by atoms with Crippen molar-refractivity contribution in [1.29, 1.82) is 0 Å². The molecule has 0 aliphatic carbocycles. The third kappa shape index (κ3) is 5.67. The number of hydrogen-bond acceptors (Lipinski definition) is 6. The van der Waals surface area contributed by atoms with Gasteiger partial charge in [0.25, 0.3) is 5.91 Å². The smallest absolute Gasteiger partial charge is 0.255 e. The molecular formula is C25H22N4O4. The number of benzene rings is 2. The number of amides is 1. The molecule has 0 spiro atoms. The Morgan fingerprint density at radius 3 is 2.73 bits per heavy atom. The third-order valence-corrected chi connectivity index (χ3v) is 4.75. The molecule has 2 heterocycles. The summed E-state index contributed by atoms with van der Waals surface area (Å²) in [6.07, 6.45) is 2.78. The van der Waals surface area contributed by atoms with Crippen LogP contribution in [0.3, 0.4) is 0 Å². The van der Waals surface area contributed by atoms with Gasteiger partial charge in [0.15, 0.2) is 12.4 Å². The van der Waals surface area contributed by atoms with Gasteiger partial charge in [-0.2, -0.15) is 0 Å². The molecule has 1 amide bonds. The topological polar surface area (TPSA) is 116 Å². The van der Waals surface area contributed by atoms with E-state index in [0.29, 0.717) is 23.9 Å². The predicted octanol–water partition coefficient (Wildman–Crippen LogP) is 2.90. The Kier molecular flexibility index (Phi) is 6.53. The number of rotatable bonds is 7. The van der Waals surface area contributed by atoms with Crippen LogP contribution in [0, 0.1) is 11.8 Å². The average molecular weight is 442 g/mol. The van der Waals surface area contributed by atoms with Crippen molar-refractivity contribution in [2.24, 2.45) is 5.73 Å². The van der Waals surface area contributed by atoms with Gasteiger partial charge in [-0.15, -0.1) is 0 Å². The first-order chi connectivity index (χ1) is 16.0. The van der Waals surface area contributed by atoms with E-state index in [2.05, 4.69) is 22.0 Å². The molecule has 166 valence electrons. The number of imidazole rings is 1. The van der Waals surface area contributed by atoms with Crippen molar-refractivity contribution >= 4 is 5.91 Å². The van der Waals surface area contributed by atoms with Crippen LogP contribution < -0.4 is 10.5 Å². The highest BCUT2D eigenvalue weighted by molar-refractivity contribution is 5.75. The van der Waals surface area contributed by atoms with E-state index in [1.807, 2.05) is 41.0 Å². The Morgan fingerprint density at radius 2 is 1.97 bits per heavy atom. The fourth-order valence-electron chi connectivity index (χ4n) is 3.20. The highest BCUT2D eigenvalue weighted by Crippen LogP contribution is 2.22. The molecule has 4 aromatic rings. The zero-order valence-electron chi connectivity index (χ0n) is 17.9. The van der Waals surface area contributed by atoms with E-state index in [4.69, 9.17) is 15.0 Å². The second kappa shape index (κ2) is 9.85. The number of primary amides is 1. The number of carbonyl (C=O) groups excluding carboxylic acids is 1. The molecule has 33 heavy (non-hydrogen) atoms. The molecular weight excluding hydrogens is 420 g/mol. The number of hydrogen-bond donors (Lipinski definition) is 2. The molecule has 0 saturated carbocycles. The van der Waals surface area contributed by atoms with E-state index in [1.54, 1.807) is 37.5 Å². The summed E-state index contributed by atoms with van der Waals surface area (Å²) >= 11 is 0. The summed E-state index contributed by atoms with van der Waals surface area (Å²) in [5, 5.41) is 13.9. The zero-order chi connectivity index (χ0) is 23.2. The Morgan fingerprint density at radius 1 is 1.18 bits per heavy atom. The van der Waals surface area contributed by atoms with Gasteiger partial charge in [0.05, 0.1) is 6.54 Å². The summed E-state index contributed by atoms with van der Waals surface area (Å²) in [6.45, 7) is 1.95. The molecule has 0 aliphatic heterocycles. The van der Waals surface area contributed by atoms with Gasteiger partial charge in [0.2, 0.25) is 0 Å². The van der Waals surface area contributed by atoms with Crippen LogP contribution in [0.2, 0.25) is 0 Å². The fraction of sp³-hybridized carbons (Fsp3) is 0.160. The number of aliphatic hydroxyl groups excluding tert-OH is 1.